The lowest BCUT2D eigenvalue weighted by molar-refractivity contribution is -0.143. The van der Waals surface area contributed by atoms with Crippen LogP contribution in [0.25, 0.3) is 0 Å². The van der Waals surface area contributed by atoms with Crippen LogP contribution < -0.4 is 0 Å². The zero-order chi connectivity index (χ0) is 15.2. The van der Waals surface area contributed by atoms with Gasteiger partial charge in [0, 0.05) is 24.0 Å². The van der Waals surface area contributed by atoms with E-state index < -0.39 is 3.49 Å². The highest BCUT2D eigenvalue weighted by atomic mass is 79.9. The van der Waals surface area contributed by atoms with Crippen molar-refractivity contribution in [1.29, 1.82) is 0 Å². The predicted octanol–water partition coefficient (Wildman–Crippen LogP) is 4.47. The maximum absolute atomic E-state index is 13.5. The molecule has 0 aliphatic rings. The highest BCUT2D eigenvalue weighted by Crippen LogP contribution is 2.39. The van der Waals surface area contributed by atoms with Crippen LogP contribution in [0.3, 0.4) is 0 Å². The second-order valence-corrected chi connectivity index (χ2v) is 7.41. The van der Waals surface area contributed by atoms with Crippen molar-refractivity contribution in [3.8, 4) is 0 Å². The fourth-order valence-corrected chi connectivity index (χ4v) is 2.14. The van der Waals surface area contributed by atoms with Crippen molar-refractivity contribution in [3.63, 3.8) is 0 Å². The molecule has 6 heteroatoms. The fourth-order valence-electron chi connectivity index (χ4n) is 1.62. The summed E-state index contributed by atoms with van der Waals surface area (Å²) in [7, 11) is 0. The molecule has 0 spiro atoms. The molecule has 0 atom stereocenters. The van der Waals surface area contributed by atoms with Gasteiger partial charge in [0.15, 0.2) is 5.78 Å². The molecule has 1 aromatic carbocycles. The van der Waals surface area contributed by atoms with E-state index in [0.717, 1.165) is 0 Å². The molecular weight excluding hydrogens is 395 g/mol. The quantitative estimate of drug-likeness (QED) is 0.379. The lowest BCUT2D eigenvalue weighted by Gasteiger charge is -2.10. The molecule has 0 saturated heterocycles. The first-order valence-corrected chi connectivity index (χ1v) is 7.79. The van der Waals surface area contributed by atoms with Crippen molar-refractivity contribution in [2.45, 2.75) is 29.7 Å². The molecule has 0 radical (unpaired) electrons. The molecule has 0 amide bonds. The van der Waals surface area contributed by atoms with Crippen molar-refractivity contribution in [2.75, 3.05) is 6.61 Å². The lowest BCUT2D eigenvalue weighted by atomic mass is 10.0. The summed E-state index contributed by atoms with van der Waals surface area (Å²) in [6, 6.07) is 6.20. The van der Waals surface area contributed by atoms with E-state index >= 15 is 0 Å². The Hall–Kier alpha value is -0.750. The van der Waals surface area contributed by atoms with E-state index in [9.17, 15) is 14.0 Å². The number of carbonyl (C=O) groups excluding carboxylic acids is 2. The van der Waals surface area contributed by atoms with E-state index in [2.05, 4.69) is 31.9 Å². The molecule has 0 aromatic heterocycles. The van der Waals surface area contributed by atoms with E-state index in [4.69, 9.17) is 4.74 Å². The van der Waals surface area contributed by atoms with Crippen molar-refractivity contribution in [3.05, 3.63) is 35.4 Å². The smallest absolute Gasteiger partial charge is 0.305 e. The molecule has 0 N–H and O–H groups in total. The van der Waals surface area contributed by atoms with Crippen LogP contribution in [-0.4, -0.2) is 18.4 Å². The van der Waals surface area contributed by atoms with Crippen LogP contribution in [0.2, 0.25) is 0 Å². The molecule has 0 unspecified atom stereocenters. The number of ether oxygens (including phenoxy) is 1. The van der Waals surface area contributed by atoms with Crippen LogP contribution in [0.5, 0.6) is 0 Å². The second kappa shape index (κ2) is 7.88. The molecule has 1 aromatic rings. The minimum Gasteiger partial charge on any atom is -0.466 e. The van der Waals surface area contributed by atoms with Crippen LogP contribution in [-0.2, 0) is 13.0 Å². The molecule has 0 aliphatic carbocycles. The average Bonchev–Trinajstić information content (AvgIpc) is 2.38. The number of esters is 1. The van der Waals surface area contributed by atoms with Gasteiger partial charge in [-0.1, -0.05) is 24.3 Å². The Morgan fingerprint density at radius 2 is 1.80 bits per heavy atom. The Labute approximate surface area is 134 Å². The van der Waals surface area contributed by atoms with E-state index in [1.807, 2.05) is 0 Å². The summed E-state index contributed by atoms with van der Waals surface area (Å²) in [5.41, 5.74) is 0.877. The first kappa shape index (κ1) is 17.3. The summed E-state index contributed by atoms with van der Waals surface area (Å²) in [5, 5.41) is 0. The topological polar surface area (TPSA) is 43.4 Å². The number of Topliss-reactive ketones (excluding diaryl/α,β-unsaturated/α-hetero) is 1. The number of alkyl halides is 3. The number of halogens is 3. The Bertz CT molecular complexity index is 466. The standard InChI is InChI=1S/C14H15Br2FO3/c1-2-20-13(19)5-3-4-12(18)10-6-8-11(9-7-10)14(15,16)17/h6-9H,2-5H2,1H3. The van der Waals surface area contributed by atoms with Gasteiger partial charge in [-0.05, 0) is 45.2 Å². The van der Waals surface area contributed by atoms with Crippen molar-refractivity contribution in [1.82, 2.24) is 0 Å². The van der Waals surface area contributed by atoms with Gasteiger partial charge in [0.05, 0.1) is 6.61 Å². The van der Waals surface area contributed by atoms with Gasteiger partial charge in [0.1, 0.15) is 0 Å². The highest BCUT2D eigenvalue weighted by Gasteiger charge is 2.23. The Kier molecular flexibility index (Phi) is 6.82. The van der Waals surface area contributed by atoms with Crippen LogP contribution in [0.4, 0.5) is 4.39 Å². The third-order valence-corrected chi connectivity index (χ3v) is 3.54. The summed E-state index contributed by atoms with van der Waals surface area (Å²) in [4.78, 5) is 23.0. The molecule has 0 bridgehead atoms. The third-order valence-electron chi connectivity index (χ3n) is 2.62. The minimum absolute atomic E-state index is 0.0746. The van der Waals surface area contributed by atoms with Crippen LogP contribution in [0.1, 0.15) is 42.1 Å². The summed E-state index contributed by atoms with van der Waals surface area (Å²) in [6.07, 6.45) is 0.943. The molecule has 0 aliphatic heterocycles. The van der Waals surface area contributed by atoms with E-state index in [1.165, 1.54) is 12.1 Å². The van der Waals surface area contributed by atoms with E-state index in [0.29, 0.717) is 24.2 Å². The van der Waals surface area contributed by atoms with Crippen LogP contribution in [0.15, 0.2) is 24.3 Å². The minimum atomic E-state index is -1.79. The molecular formula is C14H15Br2FO3. The van der Waals surface area contributed by atoms with Gasteiger partial charge in [-0.3, -0.25) is 9.59 Å². The molecule has 3 nitrogen and oxygen atoms in total. The number of benzene rings is 1. The molecule has 1 rings (SSSR count). The Morgan fingerprint density at radius 1 is 1.20 bits per heavy atom. The zero-order valence-corrected chi connectivity index (χ0v) is 14.2. The number of ketones is 1. The number of hydrogen-bond donors (Lipinski definition) is 0. The van der Waals surface area contributed by atoms with Gasteiger partial charge in [-0.2, -0.15) is 0 Å². The largest absolute Gasteiger partial charge is 0.466 e. The number of carbonyl (C=O) groups is 2. The van der Waals surface area contributed by atoms with Gasteiger partial charge < -0.3 is 4.74 Å². The van der Waals surface area contributed by atoms with Gasteiger partial charge in [-0.25, -0.2) is 4.39 Å². The highest BCUT2D eigenvalue weighted by molar-refractivity contribution is 9.24. The van der Waals surface area contributed by atoms with Gasteiger partial charge in [-0.15, -0.1) is 0 Å². The maximum Gasteiger partial charge on any atom is 0.305 e. The van der Waals surface area contributed by atoms with Crippen molar-refractivity contribution in [2.24, 2.45) is 0 Å². The monoisotopic (exact) mass is 408 g/mol. The van der Waals surface area contributed by atoms with Gasteiger partial charge >= 0.3 is 5.97 Å². The predicted molar refractivity (Wildman–Crippen MR) is 81.9 cm³/mol. The van der Waals surface area contributed by atoms with E-state index in [-0.39, 0.29) is 24.6 Å². The lowest BCUT2D eigenvalue weighted by Crippen LogP contribution is -2.06. The van der Waals surface area contributed by atoms with Gasteiger partial charge in [0.25, 0.3) is 0 Å². The van der Waals surface area contributed by atoms with Crippen molar-refractivity contribution >= 4 is 43.6 Å². The van der Waals surface area contributed by atoms with Crippen LogP contribution in [0, 0.1) is 0 Å². The second-order valence-electron chi connectivity index (χ2n) is 4.16. The number of hydrogen-bond acceptors (Lipinski definition) is 3. The zero-order valence-electron chi connectivity index (χ0n) is 11.0. The average molecular weight is 410 g/mol. The molecule has 0 saturated carbocycles. The Balaban J connectivity index is 2.50. The normalized spacial score (nSPS) is 11.2. The Morgan fingerprint density at radius 3 is 2.30 bits per heavy atom. The fraction of sp³-hybridized carbons (Fsp3) is 0.429. The molecule has 110 valence electrons. The molecule has 0 heterocycles. The van der Waals surface area contributed by atoms with Crippen LogP contribution >= 0.6 is 31.9 Å². The summed E-state index contributed by atoms with van der Waals surface area (Å²) in [6.45, 7) is 2.08. The SMILES string of the molecule is CCOC(=O)CCCC(=O)c1ccc(C(F)(Br)Br)cc1. The summed E-state index contributed by atoms with van der Waals surface area (Å²) < 4.78 is 16.5. The third kappa shape index (κ3) is 5.71. The first-order valence-electron chi connectivity index (χ1n) is 6.20. The van der Waals surface area contributed by atoms with Crippen molar-refractivity contribution < 1.29 is 18.7 Å². The number of rotatable bonds is 7. The van der Waals surface area contributed by atoms with Gasteiger partial charge in [0.2, 0.25) is 3.49 Å². The molecule has 0 fully saturated rings. The molecule has 20 heavy (non-hydrogen) atoms. The summed E-state index contributed by atoms with van der Waals surface area (Å²) >= 11 is 5.67. The maximum atomic E-state index is 13.5. The van der Waals surface area contributed by atoms with E-state index in [1.54, 1.807) is 19.1 Å². The summed E-state index contributed by atoms with van der Waals surface area (Å²) in [5.74, 6) is -0.370. The first-order chi connectivity index (χ1) is 9.34.